The Kier molecular flexibility index (Phi) is 12.1. The summed E-state index contributed by atoms with van der Waals surface area (Å²) in [5.74, 6) is 3.37. The molecule has 2 N–H and O–H groups in total. The number of hydrogen-bond acceptors (Lipinski definition) is 6. The third kappa shape index (κ3) is 8.22. The maximum Gasteiger partial charge on any atom is 0.191 e. The Labute approximate surface area is 214 Å². The molecule has 1 aliphatic heterocycles. The van der Waals surface area contributed by atoms with Crippen molar-refractivity contribution in [2.75, 3.05) is 58.5 Å². The van der Waals surface area contributed by atoms with Crippen LogP contribution in [-0.2, 0) is 17.7 Å². The molecule has 0 atom stereocenters. The van der Waals surface area contributed by atoms with Crippen LogP contribution in [0.2, 0.25) is 0 Å². The highest BCUT2D eigenvalue weighted by atomic mass is 127. The van der Waals surface area contributed by atoms with E-state index in [0.717, 1.165) is 74.5 Å². The van der Waals surface area contributed by atoms with E-state index in [4.69, 9.17) is 14.2 Å². The van der Waals surface area contributed by atoms with E-state index in [9.17, 15) is 0 Å². The first-order valence-electron chi connectivity index (χ1n) is 11.3. The Balaban J connectivity index is 0.00000385. The first-order chi connectivity index (χ1) is 15.7. The molecule has 9 heteroatoms. The van der Waals surface area contributed by atoms with Crippen LogP contribution in [0.25, 0.3) is 0 Å². The maximum atomic E-state index is 5.67. The number of methoxy groups -OCH3 is 1. The first kappa shape index (κ1) is 27.0. The predicted molar refractivity (Wildman–Crippen MR) is 143 cm³/mol. The first-order valence-corrected chi connectivity index (χ1v) is 11.3. The molecule has 0 radical (unpaired) electrons. The van der Waals surface area contributed by atoms with Crippen LogP contribution >= 0.6 is 24.0 Å². The molecule has 3 rings (SSSR count). The number of anilines is 1. The minimum absolute atomic E-state index is 0. The lowest BCUT2D eigenvalue weighted by molar-refractivity contribution is 0.122. The molecule has 2 aromatic rings. The number of guanidine groups is 1. The molecule has 8 nitrogen and oxygen atoms in total. The number of nitrogens with zero attached hydrogens (tertiary/aromatic N) is 3. The van der Waals surface area contributed by atoms with Crippen molar-refractivity contribution in [2.24, 2.45) is 4.99 Å². The summed E-state index contributed by atoms with van der Waals surface area (Å²) in [6, 6.07) is 10.2. The number of aromatic nitrogens is 1. The minimum Gasteiger partial charge on any atom is -0.493 e. The quantitative estimate of drug-likeness (QED) is 0.197. The fourth-order valence-corrected chi connectivity index (χ4v) is 3.67. The molecule has 0 saturated carbocycles. The smallest absolute Gasteiger partial charge is 0.191 e. The van der Waals surface area contributed by atoms with Gasteiger partial charge in [0.15, 0.2) is 17.5 Å². The van der Waals surface area contributed by atoms with Gasteiger partial charge in [0, 0.05) is 45.0 Å². The summed E-state index contributed by atoms with van der Waals surface area (Å²) in [5.41, 5.74) is 2.38. The summed E-state index contributed by atoms with van der Waals surface area (Å²) in [6.07, 6.45) is 3.76. The number of morpholine rings is 1. The number of aryl methyl sites for hydroxylation is 1. The number of halogens is 1. The van der Waals surface area contributed by atoms with Crippen molar-refractivity contribution in [1.82, 2.24) is 15.6 Å². The monoisotopic (exact) mass is 569 g/mol. The van der Waals surface area contributed by atoms with Crippen molar-refractivity contribution in [2.45, 2.75) is 26.3 Å². The van der Waals surface area contributed by atoms with Crippen LogP contribution in [0.1, 0.15) is 24.5 Å². The van der Waals surface area contributed by atoms with Crippen LogP contribution < -0.4 is 25.0 Å². The van der Waals surface area contributed by atoms with E-state index in [1.54, 1.807) is 14.2 Å². The van der Waals surface area contributed by atoms with Crippen LogP contribution in [0.15, 0.2) is 41.5 Å². The van der Waals surface area contributed by atoms with Crippen molar-refractivity contribution < 1.29 is 14.2 Å². The Morgan fingerprint density at radius 2 is 2.00 bits per heavy atom. The SMILES string of the molecule is CCOc1cc(CCCNC(=NC)NCc2cccnc2N2CCOCC2)ccc1OC.I. The second-order valence-electron chi connectivity index (χ2n) is 7.46. The zero-order valence-corrected chi connectivity index (χ0v) is 22.1. The molecular weight excluding hydrogens is 533 g/mol. The van der Waals surface area contributed by atoms with Gasteiger partial charge in [0.05, 0.1) is 26.9 Å². The van der Waals surface area contributed by atoms with Crippen molar-refractivity contribution in [3.8, 4) is 11.5 Å². The molecule has 0 aliphatic carbocycles. The molecule has 0 spiro atoms. The third-order valence-corrected chi connectivity index (χ3v) is 5.31. The van der Waals surface area contributed by atoms with Crippen LogP contribution in [0, 0.1) is 0 Å². The van der Waals surface area contributed by atoms with E-state index in [1.807, 2.05) is 25.3 Å². The number of rotatable bonds is 10. The summed E-state index contributed by atoms with van der Waals surface area (Å²) >= 11 is 0. The van der Waals surface area contributed by atoms with E-state index in [0.29, 0.717) is 13.2 Å². The van der Waals surface area contributed by atoms with Gasteiger partial charge in [0.2, 0.25) is 0 Å². The van der Waals surface area contributed by atoms with Gasteiger partial charge < -0.3 is 29.7 Å². The summed E-state index contributed by atoms with van der Waals surface area (Å²) in [4.78, 5) is 11.2. The lowest BCUT2D eigenvalue weighted by Crippen LogP contribution is -2.39. The number of ether oxygens (including phenoxy) is 3. The van der Waals surface area contributed by atoms with Gasteiger partial charge >= 0.3 is 0 Å². The second kappa shape index (κ2) is 14.8. The van der Waals surface area contributed by atoms with Crippen LogP contribution in [0.5, 0.6) is 11.5 Å². The van der Waals surface area contributed by atoms with Gasteiger partial charge in [0.1, 0.15) is 5.82 Å². The fraction of sp³-hybridized carbons (Fsp3) is 0.500. The number of pyridine rings is 1. The Morgan fingerprint density at radius 1 is 1.18 bits per heavy atom. The van der Waals surface area contributed by atoms with E-state index < -0.39 is 0 Å². The molecule has 1 aromatic carbocycles. The minimum atomic E-state index is 0. The van der Waals surface area contributed by atoms with E-state index >= 15 is 0 Å². The zero-order valence-electron chi connectivity index (χ0n) is 19.8. The molecule has 1 saturated heterocycles. The Morgan fingerprint density at radius 3 is 2.73 bits per heavy atom. The zero-order chi connectivity index (χ0) is 22.6. The molecule has 0 bridgehead atoms. The topological polar surface area (TPSA) is 80.2 Å². The second-order valence-corrected chi connectivity index (χ2v) is 7.46. The molecule has 0 unspecified atom stereocenters. The van der Waals surface area contributed by atoms with Gasteiger partial charge in [-0.1, -0.05) is 12.1 Å². The van der Waals surface area contributed by atoms with Crippen LogP contribution in [-0.4, -0.2) is 64.6 Å². The molecule has 1 fully saturated rings. The maximum absolute atomic E-state index is 5.67. The standard InChI is InChI=1S/C24H35N5O3.HI/c1-4-32-22-17-19(9-10-21(22)30-3)7-5-12-27-24(25-2)28-18-20-8-6-11-26-23(20)29-13-15-31-16-14-29;/h6,8-11,17H,4-5,7,12-16,18H2,1-3H3,(H2,25,27,28);1H. The highest BCUT2D eigenvalue weighted by Gasteiger charge is 2.15. The number of aliphatic imine (C=N–C) groups is 1. The van der Waals surface area contributed by atoms with Gasteiger partial charge in [-0.2, -0.15) is 0 Å². The lowest BCUT2D eigenvalue weighted by Gasteiger charge is -2.29. The summed E-state index contributed by atoms with van der Waals surface area (Å²) in [7, 11) is 3.45. The summed E-state index contributed by atoms with van der Waals surface area (Å²) < 4.78 is 16.5. The molecular formula is C24H36IN5O3. The lowest BCUT2D eigenvalue weighted by atomic mass is 10.1. The van der Waals surface area contributed by atoms with Crippen LogP contribution in [0.3, 0.4) is 0 Å². The normalized spacial score (nSPS) is 13.8. The van der Waals surface area contributed by atoms with E-state index in [-0.39, 0.29) is 24.0 Å². The molecule has 0 amide bonds. The Hall–Kier alpha value is -2.27. The largest absolute Gasteiger partial charge is 0.493 e. The highest BCUT2D eigenvalue weighted by Crippen LogP contribution is 2.28. The average molecular weight is 569 g/mol. The number of hydrogen-bond donors (Lipinski definition) is 2. The average Bonchev–Trinajstić information content (AvgIpc) is 2.85. The number of benzene rings is 1. The Bertz CT molecular complexity index is 875. The highest BCUT2D eigenvalue weighted by molar-refractivity contribution is 14.0. The third-order valence-electron chi connectivity index (χ3n) is 5.31. The molecule has 2 heterocycles. The predicted octanol–water partition coefficient (Wildman–Crippen LogP) is 3.24. The molecule has 33 heavy (non-hydrogen) atoms. The molecule has 1 aromatic heterocycles. The van der Waals surface area contributed by atoms with Crippen molar-refractivity contribution in [1.29, 1.82) is 0 Å². The van der Waals surface area contributed by atoms with E-state index in [1.165, 1.54) is 5.56 Å². The van der Waals surface area contributed by atoms with Gasteiger partial charge in [0.25, 0.3) is 0 Å². The summed E-state index contributed by atoms with van der Waals surface area (Å²) in [6.45, 7) is 7.30. The van der Waals surface area contributed by atoms with Gasteiger partial charge in [-0.3, -0.25) is 4.99 Å². The van der Waals surface area contributed by atoms with Crippen molar-refractivity contribution >= 4 is 35.8 Å². The van der Waals surface area contributed by atoms with E-state index in [2.05, 4.69) is 43.7 Å². The fourth-order valence-electron chi connectivity index (χ4n) is 3.67. The van der Waals surface area contributed by atoms with Gasteiger partial charge in [-0.05, 0) is 43.5 Å². The van der Waals surface area contributed by atoms with Crippen molar-refractivity contribution in [3.05, 3.63) is 47.7 Å². The summed E-state index contributed by atoms with van der Waals surface area (Å²) in [5, 5.41) is 6.81. The van der Waals surface area contributed by atoms with Gasteiger partial charge in [-0.25, -0.2) is 4.98 Å². The van der Waals surface area contributed by atoms with Crippen LogP contribution in [0.4, 0.5) is 5.82 Å². The number of nitrogens with one attached hydrogen (secondary N) is 2. The van der Waals surface area contributed by atoms with Gasteiger partial charge in [-0.15, -0.1) is 24.0 Å². The van der Waals surface area contributed by atoms with Crippen molar-refractivity contribution in [3.63, 3.8) is 0 Å². The molecule has 182 valence electrons. The molecule has 1 aliphatic rings.